The fraction of sp³-hybridized carbons (Fsp3) is 0.565. The lowest BCUT2D eigenvalue weighted by Crippen LogP contribution is -2.57. The molecule has 1 fully saturated rings. The van der Waals surface area contributed by atoms with E-state index in [0.717, 1.165) is 17.9 Å². The molecule has 3 amide bonds. The number of hydrogen-bond donors (Lipinski definition) is 4. The Labute approximate surface area is 395 Å². The van der Waals surface area contributed by atoms with Crippen LogP contribution in [0.3, 0.4) is 0 Å². The van der Waals surface area contributed by atoms with Crippen molar-refractivity contribution in [1.29, 1.82) is 0 Å². The van der Waals surface area contributed by atoms with Crippen LogP contribution in [0.1, 0.15) is 41.6 Å². The molecule has 1 saturated carbocycles. The van der Waals surface area contributed by atoms with E-state index in [1.807, 2.05) is 18.2 Å². The van der Waals surface area contributed by atoms with Gasteiger partial charge < -0.3 is 68.5 Å². The molecular weight excluding hydrogens is 901 g/mol. The van der Waals surface area contributed by atoms with Gasteiger partial charge in [0.2, 0.25) is 11.8 Å². The molecular formula is C46H63Cl2N5O13. The van der Waals surface area contributed by atoms with Gasteiger partial charge in [0.25, 0.3) is 5.91 Å². The molecule has 1 aromatic heterocycles. The number of para-hydroxylation sites is 2. The van der Waals surface area contributed by atoms with Gasteiger partial charge in [-0.3, -0.25) is 19.4 Å². The SMILES string of the molecule is CN(CCOCCOCCOCCOCCOCCOCCC(=O)NC(CO)(CO)CO)C(=O)CCc1cc(Cl)c(Oc2ccncc2C(=O)N2CCN(C3CC3)c3ccccc32)cc1Cl. The number of halogens is 2. The number of aliphatic hydroxyl groups excluding tert-OH is 3. The summed E-state index contributed by atoms with van der Waals surface area (Å²) in [5.74, 6) is -0.163. The van der Waals surface area contributed by atoms with Crippen molar-refractivity contribution in [2.24, 2.45) is 0 Å². The highest BCUT2D eigenvalue weighted by Crippen LogP contribution is 2.41. The molecule has 0 bridgehead atoms. The quantitative estimate of drug-likeness (QED) is 0.0660. The first kappa shape index (κ1) is 52.8. The molecule has 5 rings (SSSR count). The number of ether oxygens (including phenoxy) is 7. The molecule has 364 valence electrons. The van der Waals surface area contributed by atoms with Crippen LogP contribution < -0.4 is 19.9 Å². The van der Waals surface area contributed by atoms with Crippen LogP contribution in [0, 0.1) is 0 Å². The minimum absolute atomic E-state index is 0.00974. The van der Waals surface area contributed by atoms with E-state index in [4.69, 9.17) is 56.4 Å². The first-order valence-corrected chi connectivity index (χ1v) is 23.0. The Morgan fingerprint density at radius 1 is 0.742 bits per heavy atom. The fourth-order valence-electron chi connectivity index (χ4n) is 6.85. The monoisotopic (exact) mass is 963 g/mol. The number of aromatic nitrogens is 1. The molecule has 0 saturated heterocycles. The van der Waals surface area contributed by atoms with Crippen LogP contribution in [0.15, 0.2) is 54.9 Å². The van der Waals surface area contributed by atoms with Crippen molar-refractivity contribution in [1.82, 2.24) is 15.2 Å². The van der Waals surface area contributed by atoms with Gasteiger partial charge in [-0.15, -0.1) is 0 Å². The van der Waals surface area contributed by atoms with Gasteiger partial charge in [0.15, 0.2) is 0 Å². The number of aryl methyl sites for hydroxylation is 1. The topological polar surface area (TPSA) is 211 Å². The maximum absolute atomic E-state index is 14.0. The predicted octanol–water partition coefficient (Wildman–Crippen LogP) is 3.52. The lowest BCUT2D eigenvalue weighted by atomic mass is 10.0. The average molecular weight is 965 g/mol. The van der Waals surface area contributed by atoms with E-state index in [2.05, 4.69) is 21.3 Å². The third-order valence-electron chi connectivity index (χ3n) is 10.9. The maximum atomic E-state index is 14.0. The van der Waals surface area contributed by atoms with Crippen molar-refractivity contribution >= 4 is 52.3 Å². The van der Waals surface area contributed by atoms with E-state index in [1.165, 1.54) is 19.0 Å². The molecule has 0 spiro atoms. The van der Waals surface area contributed by atoms with Gasteiger partial charge in [-0.1, -0.05) is 35.3 Å². The zero-order valence-corrected chi connectivity index (χ0v) is 39.0. The summed E-state index contributed by atoms with van der Waals surface area (Å²) in [5.41, 5.74) is 1.46. The van der Waals surface area contributed by atoms with Crippen LogP contribution in [0.25, 0.3) is 0 Å². The van der Waals surface area contributed by atoms with Crippen LogP contribution in [0.4, 0.5) is 11.4 Å². The van der Waals surface area contributed by atoms with E-state index < -0.39 is 31.3 Å². The molecule has 0 unspecified atom stereocenters. The Bertz CT molecular complexity index is 1970. The number of rotatable bonds is 32. The van der Waals surface area contributed by atoms with Crippen molar-refractivity contribution in [2.75, 3.05) is 136 Å². The van der Waals surface area contributed by atoms with Crippen LogP contribution in [0.2, 0.25) is 10.0 Å². The number of benzene rings is 2. The number of carbonyl (C=O) groups excluding carboxylic acids is 3. The molecule has 2 heterocycles. The molecule has 20 heteroatoms. The lowest BCUT2D eigenvalue weighted by Gasteiger charge is -2.38. The first-order chi connectivity index (χ1) is 32.1. The summed E-state index contributed by atoms with van der Waals surface area (Å²) in [6.07, 6.45) is 5.97. The second kappa shape index (κ2) is 28.2. The highest BCUT2D eigenvalue weighted by molar-refractivity contribution is 6.34. The van der Waals surface area contributed by atoms with E-state index in [-0.39, 0.29) is 43.6 Å². The largest absolute Gasteiger partial charge is 0.455 e. The number of nitrogens with one attached hydrogen (secondary N) is 1. The molecule has 0 atom stereocenters. The number of anilines is 2. The van der Waals surface area contributed by atoms with Crippen molar-refractivity contribution in [3.05, 3.63) is 76.0 Å². The minimum Gasteiger partial charge on any atom is -0.455 e. The Hall–Kier alpha value is -4.18. The van der Waals surface area contributed by atoms with Crippen molar-refractivity contribution < 1.29 is 62.9 Å². The van der Waals surface area contributed by atoms with Gasteiger partial charge in [-0.2, -0.15) is 0 Å². The number of aliphatic hydroxyl groups is 3. The zero-order valence-electron chi connectivity index (χ0n) is 37.5. The highest BCUT2D eigenvalue weighted by Gasteiger charge is 2.36. The van der Waals surface area contributed by atoms with Gasteiger partial charge in [0.1, 0.15) is 22.6 Å². The molecule has 2 aromatic carbocycles. The number of carbonyl (C=O) groups is 3. The molecule has 3 aromatic rings. The zero-order chi connectivity index (χ0) is 47.2. The summed E-state index contributed by atoms with van der Waals surface area (Å²) in [4.78, 5) is 48.8. The average Bonchev–Trinajstić information content (AvgIpc) is 4.18. The summed E-state index contributed by atoms with van der Waals surface area (Å²) in [7, 11) is 1.72. The molecule has 18 nitrogen and oxygen atoms in total. The molecule has 0 radical (unpaired) electrons. The van der Waals surface area contributed by atoms with Gasteiger partial charge in [-0.05, 0) is 49.1 Å². The number of amides is 3. The van der Waals surface area contributed by atoms with Gasteiger partial charge in [0.05, 0.1) is 116 Å². The molecule has 1 aliphatic heterocycles. The second-order valence-corrected chi connectivity index (χ2v) is 16.6. The van der Waals surface area contributed by atoms with E-state index in [0.29, 0.717) is 119 Å². The summed E-state index contributed by atoms with van der Waals surface area (Å²) in [5, 5.41) is 30.9. The lowest BCUT2D eigenvalue weighted by molar-refractivity contribution is -0.130. The third-order valence-corrected chi connectivity index (χ3v) is 11.5. The molecule has 1 aliphatic carbocycles. The van der Waals surface area contributed by atoms with Gasteiger partial charge in [-0.25, -0.2) is 0 Å². The van der Waals surface area contributed by atoms with Crippen LogP contribution in [0.5, 0.6) is 11.5 Å². The third kappa shape index (κ3) is 16.6. The number of hydrogen-bond acceptors (Lipinski definition) is 15. The van der Waals surface area contributed by atoms with Crippen LogP contribution in [-0.4, -0.2) is 180 Å². The van der Waals surface area contributed by atoms with Crippen molar-refractivity contribution in [2.45, 2.75) is 43.7 Å². The second-order valence-electron chi connectivity index (χ2n) is 15.8. The highest BCUT2D eigenvalue weighted by atomic mass is 35.5. The van der Waals surface area contributed by atoms with Crippen LogP contribution >= 0.6 is 23.2 Å². The maximum Gasteiger partial charge on any atom is 0.263 e. The standard InChI is InChI=1S/C46H63Cl2N5O13/c1-51(15-17-61-19-21-63-23-25-65-27-26-64-24-22-62-20-18-60-16-11-43(57)50-46(31-54,32-55)33-56)44(58)9-6-34-28-38(48)42(29-37(34)47)66-41-10-12-49-30-36(41)45(59)53-14-13-52(35-7-8-35)39-4-2-3-5-40(39)53/h2-5,10,12,28-30,35,54-56H,6-9,11,13-27,31-33H2,1H3,(H,50,57). The summed E-state index contributed by atoms with van der Waals surface area (Å²) >= 11 is 13.4. The summed E-state index contributed by atoms with van der Waals surface area (Å²) < 4.78 is 39.1. The van der Waals surface area contributed by atoms with E-state index in [1.54, 1.807) is 41.2 Å². The smallest absolute Gasteiger partial charge is 0.263 e. The summed E-state index contributed by atoms with van der Waals surface area (Å²) in [6.45, 7) is 4.13. The predicted molar refractivity (Wildman–Crippen MR) is 247 cm³/mol. The first-order valence-electron chi connectivity index (χ1n) is 22.2. The molecule has 4 N–H and O–H groups in total. The number of likely N-dealkylation sites (N-methyl/N-ethyl adjacent to an activating group) is 1. The Morgan fingerprint density at radius 2 is 1.32 bits per heavy atom. The van der Waals surface area contributed by atoms with E-state index >= 15 is 0 Å². The van der Waals surface area contributed by atoms with Crippen molar-refractivity contribution in [3.63, 3.8) is 0 Å². The molecule has 2 aliphatic rings. The Balaban J connectivity index is 0.870. The number of fused-ring (bicyclic) bond motifs is 1. The number of pyridine rings is 1. The minimum atomic E-state index is -1.45. The van der Waals surface area contributed by atoms with Gasteiger partial charge >= 0.3 is 0 Å². The normalized spacial score (nSPS) is 13.7. The van der Waals surface area contributed by atoms with Gasteiger partial charge in [0, 0.05) is 69.0 Å². The van der Waals surface area contributed by atoms with Crippen molar-refractivity contribution in [3.8, 4) is 11.5 Å². The number of nitrogens with zero attached hydrogens (tertiary/aromatic N) is 4. The summed E-state index contributed by atoms with van der Waals surface area (Å²) in [6, 6.07) is 13.4. The Kier molecular flexibility index (Phi) is 22.6. The van der Waals surface area contributed by atoms with E-state index in [9.17, 15) is 29.7 Å². The Morgan fingerprint density at radius 3 is 1.91 bits per heavy atom. The fourth-order valence-corrected chi connectivity index (χ4v) is 7.32. The molecule has 66 heavy (non-hydrogen) atoms. The van der Waals surface area contributed by atoms with Crippen LogP contribution in [-0.2, 0) is 44.4 Å².